The first-order valence-corrected chi connectivity index (χ1v) is 12.0. The number of pyridine rings is 1. The highest BCUT2D eigenvalue weighted by molar-refractivity contribution is 6.14. The van der Waals surface area contributed by atoms with Crippen molar-refractivity contribution in [2.45, 2.75) is 53.1 Å². The van der Waals surface area contributed by atoms with Gasteiger partial charge in [0.15, 0.2) is 11.3 Å². The lowest BCUT2D eigenvalue weighted by molar-refractivity contribution is 0.0994. The number of fused-ring (bicyclic) bond motifs is 1. The molecule has 0 saturated carbocycles. The fourth-order valence-corrected chi connectivity index (χ4v) is 4.29. The molecule has 0 saturated heterocycles. The molecule has 0 aliphatic heterocycles. The topological polar surface area (TPSA) is 132 Å². The molecule has 1 amide bonds. The van der Waals surface area contributed by atoms with Crippen LogP contribution in [0.4, 0.5) is 11.5 Å². The molecular formula is C26H31N7O3. The van der Waals surface area contributed by atoms with Crippen molar-refractivity contribution < 1.29 is 4.79 Å². The van der Waals surface area contributed by atoms with Gasteiger partial charge in [0.2, 0.25) is 0 Å². The maximum absolute atomic E-state index is 13.9. The Labute approximate surface area is 208 Å². The first-order chi connectivity index (χ1) is 17.1. The molecule has 0 atom stereocenters. The second kappa shape index (κ2) is 9.80. The fraction of sp³-hybridized carbons (Fsp3) is 0.346. The summed E-state index contributed by atoms with van der Waals surface area (Å²) in [5.74, 6) is -0.506. The molecule has 4 aromatic rings. The first-order valence-electron chi connectivity index (χ1n) is 12.0. The zero-order valence-corrected chi connectivity index (χ0v) is 21.2. The zero-order valence-electron chi connectivity index (χ0n) is 21.2. The Hall–Kier alpha value is -4.21. The van der Waals surface area contributed by atoms with E-state index in [4.69, 9.17) is 10.7 Å². The number of benzene rings is 1. The number of H-pyrrole nitrogens is 1. The lowest BCUT2D eigenvalue weighted by Crippen LogP contribution is -2.39. The van der Waals surface area contributed by atoms with Crippen molar-refractivity contribution in [3.05, 3.63) is 68.5 Å². The third kappa shape index (κ3) is 4.30. The second-order valence-corrected chi connectivity index (χ2v) is 9.15. The minimum absolute atomic E-state index is 0.0170. The van der Waals surface area contributed by atoms with Gasteiger partial charge in [-0.2, -0.15) is 5.10 Å². The van der Waals surface area contributed by atoms with Gasteiger partial charge >= 0.3 is 5.69 Å². The zero-order chi connectivity index (χ0) is 26.1. The number of nitrogens with two attached hydrogens (primary N) is 1. The number of carbonyl (C=O) groups excluding carboxylic acids is 1. The van der Waals surface area contributed by atoms with E-state index in [0.717, 1.165) is 17.5 Å². The van der Waals surface area contributed by atoms with Crippen molar-refractivity contribution in [3.8, 4) is 11.3 Å². The third-order valence-corrected chi connectivity index (χ3v) is 6.30. The number of anilines is 2. The van der Waals surface area contributed by atoms with Gasteiger partial charge in [-0.3, -0.25) is 19.1 Å². The Morgan fingerprint density at radius 1 is 1.22 bits per heavy atom. The molecule has 188 valence electrons. The molecule has 0 aliphatic rings. The highest BCUT2D eigenvalue weighted by Gasteiger charge is 2.26. The molecule has 3 N–H and O–H groups in total. The van der Waals surface area contributed by atoms with Crippen LogP contribution in [0, 0.1) is 6.92 Å². The fourth-order valence-electron chi connectivity index (χ4n) is 4.29. The Morgan fingerprint density at radius 3 is 2.61 bits per heavy atom. The molecule has 3 aromatic heterocycles. The highest BCUT2D eigenvalue weighted by Crippen LogP contribution is 2.30. The molecule has 0 unspecified atom stereocenters. The van der Waals surface area contributed by atoms with Crippen LogP contribution < -0.4 is 21.9 Å². The number of hydrogen-bond donors (Lipinski definition) is 2. The van der Waals surface area contributed by atoms with Gasteiger partial charge in [-0.05, 0) is 38.8 Å². The number of nitrogens with zero attached hydrogens (tertiary/aromatic N) is 5. The van der Waals surface area contributed by atoms with E-state index in [1.807, 2.05) is 52.0 Å². The summed E-state index contributed by atoms with van der Waals surface area (Å²) in [6.45, 7) is 8.28. The van der Waals surface area contributed by atoms with E-state index in [-0.39, 0.29) is 17.5 Å². The van der Waals surface area contributed by atoms with E-state index >= 15 is 0 Å². The number of aromatic amines is 1. The van der Waals surface area contributed by atoms with E-state index in [2.05, 4.69) is 10.1 Å². The van der Waals surface area contributed by atoms with Gasteiger partial charge in [0.05, 0.1) is 22.8 Å². The van der Waals surface area contributed by atoms with Crippen LogP contribution >= 0.6 is 0 Å². The van der Waals surface area contributed by atoms with E-state index < -0.39 is 17.2 Å². The van der Waals surface area contributed by atoms with Crippen molar-refractivity contribution in [3.63, 3.8) is 0 Å². The van der Waals surface area contributed by atoms with E-state index in [1.54, 1.807) is 16.9 Å². The molecule has 0 bridgehead atoms. The summed E-state index contributed by atoms with van der Waals surface area (Å²) in [7, 11) is 1.48. The summed E-state index contributed by atoms with van der Waals surface area (Å²) in [5, 5.41) is 5.03. The molecule has 4 rings (SSSR count). The number of nitrogens with one attached hydrogen (secondary N) is 1. The van der Waals surface area contributed by atoms with E-state index in [1.165, 1.54) is 16.5 Å². The molecular weight excluding hydrogens is 458 g/mol. The number of aryl methyl sites for hydroxylation is 1. The van der Waals surface area contributed by atoms with Crippen LogP contribution in [-0.2, 0) is 6.54 Å². The summed E-state index contributed by atoms with van der Waals surface area (Å²) in [4.78, 5) is 47.4. The van der Waals surface area contributed by atoms with Gasteiger partial charge < -0.3 is 10.6 Å². The van der Waals surface area contributed by atoms with Crippen LogP contribution in [0.2, 0.25) is 0 Å². The summed E-state index contributed by atoms with van der Waals surface area (Å²) < 4.78 is 3.06. The maximum Gasteiger partial charge on any atom is 0.330 e. The van der Waals surface area contributed by atoms with Gasteiger partial charge in [0, 0.05) is 25.2 Å². The number of nitrogen functional groups attached to an aromatic ring is 1. The number of hydrogen-bond acceptors (Lipinski definition) is 6. The molecule has 1 aromatic carbocycles. The molecule has 0 aliphatic carbocycles. The third-order valence-electron chi connectivity index (χ3n) is 6.30. The van der Waals surface area contributed by atoms with Crippen LogP contribution in [0.15, 0.2) is 46.1 Å². The molecule has 0 fully saturated rings. The molecule has 0 spiro atoms. The quantitative estimate of drug-likeness (QED) is 0.408. The number of aromatic nitrogens is 5. The van der Waals surface area contributed by atoms with Crippen LogP contribution in [0.3, 0.4) is 0 Å². The molecule has 10 heteroatoms. The van der Waals surface area contributed by atoms with Crippen LogP contribution in [0.5, 0.6) is 0 Å². The molecule has 36 heavy (non-hydrogen) atoms. The van der Waals surface area contributed by atoms with E-state index in [9.17, 15) is 14.4 Å². The number of rotatable bonds is 7. The molecule has 10 nitrogen and oxygen atoms in total. The summed E-state index contributed by atoms with van der Waals surface area (Å²) in [6, 6.07) is 9.52. The summed E-state index contributed by atoms with van der Waals surface area (Å²) in [6.07, 6.45) is 3.15. The Balaban J connectivity index is 1.91. The largest absolute Gasteiger partial charge is 0.383 e. The summed E-state index contributed by atoms with van der Waals surface area (Å²) in [5.41, 5.74) is 8.29. The van der Waals surface area contributed by atoms with Gasteiger partial charge in [0.1, 0.15) is 5.82 Å². The Morgan fingerprint density at radius 2 is 1.94 bits per heavy atom. The predicted molar refractivity (Wildman–Crippen MR) is 141 cm³/mol. The Bertz CT molecular complexity index is 1560. The van der Waals surface area contributed by atoms with E-state index in [0.29, 0.717) is 35.3 Å². The highest BCUT2D eigenvalue weighted by atomic mass is 16.2. The van der Waals surface area contributed by atoms with Gasteiger partial charge in [-0.15, -0.1) is 0 Å². The minimum Gasteiger partial charge on any atom is -0.383 e. The van der Waals surface area contributed by atoms with Crippen molar-refractivity contribution >= 4 is 28.4 Å². The van der Waals surface area contributed by atoms with Crippen LogP contribution in [-0.4, -0.2) is 37.3 Å². The van der Waals surface area contributed by atoms with Crippen molar-refractivity contribution in [1.29, 1.82) is 0 Å². The van der Waals surface area contributed by atoms with Gasteiger partial charge in [0.25, 0.3) is 11.5 Å². The Kier molecular flexibility index (Phi) is 6.78. The second-order valence-electron chi connectivity index (χ2n) is 9.15. The lowest BCUT2D eigenvalue weighted by atomic mass is 10.0. The predicted octanol–water partition coefficient (Wildman–Crippen LogP) is 3.50. The average molecular weight is 490 g/mol. The van der Waals surface area contributed by atoms with Crippen molar-refractivity contribution in [2.24, 2.45) is 0 Å². The van der Waals surface area contributed by atoms with Crippen LogP contribution in [0.25, 0.3) is 22.3 Å². The number of amides is 1. The maximum atomic E-state index is 13.9. The smallest absolute Gasteiger partial charge is 0.330 e. The average Bonchev–Trinajstić information content (AvgIpc) is 3.27. The SMILES string of the molecule is CCCCn1c(N)c(N(C)C(=O)c2cc(-c3ccccc3C)nc3c2cnn3C(C)C)c(=O)[nH]c1=O. The minimum atomic E-state index is -0.719. The summed E-state index contributed by atoms with van der Waals surface area (Å²) >= 11 is 0. The number of carbonyl (C=O) groups is 1. The first kappa shape index (κ1) is 24.9. The normalized spacial score (nSPS) is 11.4. The molecule has 3 heterocycles. The molecule has 0 radical (unpaired) electrons. The van der Waals surface area contributed by atoms with Crippen molar-refractivity contribution in [2.75, 3.05) is 17.7 Å². The monoisotopic (exact) mass is 489 g/mol. The standard InChI is InChI=1S/C26H31N7O3/c1-6-7-12-32-22(27)21(24(34)30-26(32)36)31(5)25(35)18-13-20(17-11-9-8-10-16(17)4)29-23-19(18)14-28-33(23)15(2)3/h8-11,13-15H,6-7,12,27H2,1-5H3,(H,30,34,36). The van der Waals surface area contributed by atoms with Crippen LogP contribution in [0.1, 0.15) is 55.6 Å². The number of unbranched alkanes of at least 4 members (excludes halogenated alkanes) is 1. The lowest BCUT2D eigenvalue weighted by Gasteiger charge is -2.21. The van der Waals surface area contributed by atoms with Crippen molar-refractivity contribution in [1.82, 2.24) is 24.3 Å². The van der Waals surface area contributed by atoms with Gasteiger partial charge in [-0.1, -0.05) is 37.6 Å². The van der Waals surface area contributed by atoms with Gasteiger partial charge in [-0.25, -0.2) is 14.5 Å².